The summed E-state index contributed by atoms with van der Waals surface area (Å²) >= 11 is 0. The van der Waals surface area contributed by atoms with Gasteiger partial charge in [0.15, 0.2) is 5.69 Å². The van der Waals surface area contributed by atoms with Crippen molar-refractivity contribution in [2.24, 2.45) is 0 Å². The quantitative estimate of drug-likeness (QED) is 0.662. The first-order valence-corrected chi connectivity index (χ1v) is 11.5. The summed E-state index contributed by atoms with van der Waals surface area (Å²) in [5, 5.41) is 12.7. The van der Waals surface area contributed by atoms with Gasteiger partial charge in [0, 0.05) is 19.6 Å². The zero-order valence-electron chi connectivity index (χ0n) is 17.6. The molecule has 0 spiro atoms. The van der Waals surface area contributed by atoms with Gasteiger partial charge >= 0.3 is 0 Å². The summed E-state index contributed by atoms with van der Waals surface area (Å²) < 4.78 is 47.4. The van der Waals surface area contributed by atoms with E-state index < -0.39 is 44.4 Å². The van der Waals surface area contributed by atoms with Gasteiger partial charge in [0.25, 0.3) is 11.5 Å². The second kappa shape index (κ2) is 7.94. The van der Waals surface area contributed by atoms with Crippen molar-refractivity contribution in [3.63, 3.8) is 0 Å². The van der Waals surface area contributed by atoms with Gasteiger partial charge in [-0.1, -0.05) is 6.07 Å². The minimum atomic E-state index is -3.90. The molecule has 32 heavy (non-hydrogen) atoms. The molecule has 3 heterocycles. The standard InChI is InChI=1S/C20H23FN4O6S/c1-20(2)19-23-15(16(26)18(28)25(19)8-9-31-20)17(27)22-11-12-4-5-13(21)10-14(12)32(29,30)24-6-3-7-24/h4-5,10,26H,3,6-9,11H2,1-2H3,(H,22,27). The number of nitrogens with one attached hydrogen (secondary N) is 1. The zero-order valence-corrected chi connectivity index (χ0v) is 18.4. The predicted octanol–water partition coefficient (Wildman–Crippen LogP) is 0.678. The van der Waals surface area contributed by atoms with Crippen molar-refractivity contribution in [3.05, 3.63) is 51.5 Å². The van der Waals surface area contributed by atoms with Crippen LogP contribution in [0.1, 0.15) is 42.1 Å². The van der Waals surface area contributed by atoms with Crippen molar-refractivity contribution < 1.29 is 27.4 Å². The highest BCUT2D eigenvalue weighted by Crippen LogP contribution is 2.28. The summed E-state index contributed by atoms with van der Waals surface area (Å²) in [4.78, 5) is 29.2. The normalized spacial score (nSPS) is 18.0. The van der Waals surface area contributed by atoms with Gasteiger partial charge in [-0.2, -0.15) is 4.31 Å². The van der Waals surface area contributed by atoms with Crippen LogP contribution in [0.25, 0.3) is 0 Å². The molecule has 2 N–H and O–H groups in total. The molecule has 10 nitrogen and oxygen atoms in total. The number of carbonyl (C=O) groups excluding carboxylic acids is 1. The van der Waals surface area contributed by atoms with Crippen LogP contribution in [0.15, 0.2) is 27.9 Å². The summed E-state index contributed by atoms with van der Waals surface area (Å²) in [6.07, 6.45) is 0.722. The van der Waals surface area contributed by atoms with E-state index in [1.165, 1.54) is 14.9 Å². The number of benzene rings is 1. The monoisotopic (exact) mass is 466 g/mol. The fraction of sp³-hybridized carbons (Fsp3) is 0.450. The summed E-state index contributed by atoms with van der Waals surface area (Å²) in [7, 11) is -3.90. The van der Waals surface area contributed by atoms with E-state index >= 15 is 0 Å². The molecule has 0 unspecified atom stereocenters. The first-order chi connectivity index (χ1) is 15.0. The Morgan fingerprint density at radius 2 is 2.03 bits per heavy atom. The number of nitrogens with zero attached hydrogens (tertiary/aromatic N) is 3. The van der Waals surface area contributed by atoms with Crippen molar-refractivity contribution in [3.8, 4) is 5.75 Å². The molecule has 0 aliphatic carbocycles. The molecular weight excluding hydrogens is 443 g/mol. The van der Waals surface area contributed by atoms with E-state index in [-0.39, 0.29) is 36.0 Å². The maximum Gasteiger partial charge on any atom is 0.296 e. The Bertz CT molecular complexity index is 1250. The molecule has 1 aromatic heterocycles. The molecule has 1 fully saturated rings. The minimum absolute atomic E-state index is 0.171. The molecule has 1 saturated heterocycles. The molecule has 172 valence electrons. The molecule has 12 heteroatoms. The Morgan fingerprint density at radius 1 is 1.31 bits per heavy atom. The maximum absolute atomic E-state index is 13.8. The highest BCUT2D eigenvalue weighted by atomic mass is 32.2. The topological polar surface area (TPSA) is 131 Å². The van der Waals surface area contributed by atoms with Crippen LogP contribution in [0.2, 0.25) is 0 Å². The SMILES string of the molecule is CC1(C)OCCn2c1nc(C(=O)NCc1ccc(F)cc1S(=O)(=O)N1CCC1)c(O)c2=O. The lowest BCUT2D eigenvalue weighted by Crippen LogP contribution is -2.43. The second-order valence-electron chi connectivity index (χ2n) is 8.14. The molecule has 1 amide bonds. The molecule has 1 aromatic carbocycles. The molecule has 2 aliphatic heterocycles. The van der Waals surface area contributed by atoms with Crippen LogP contribution in [-0.4, -0.2) is 53.0 Å². The van der Waals surface area contributed by atoms with E-state index in [2.05, 4.69) is 10.3 Å². The Balaban J connectivity index is 1.63. The Hall–Kier alpha value is -2.83. The fourth-order valence-electron chi connectivity index (χ4n) is 3.67. The average molecular weight is 466 g/mol. The molecule has 0 saturated carbocycles. The van der Waals surface area contributed by atoms with Crippen molar-refractivity contribution >= 4 is 15.9 Å². The molecule has 2 aliphatic rings. The Morgan fingerprint density at radius 3 is 2.69 bits per heavy atom. The number of carbonyl (C=O) groups is 1. The van der Waals surface area contributed by atoms with E-state index in [1.807, 2.05) is 0 Å². The lowest BCUT2D eigenvalue weighted by Gasteiger charge is -2.32. The van der Waals surface area contributed by atoms with Crippen molar-refractivity contribution in [1.82, 2.24) is 19.2 Å². The van der Waals surface area contributed by atoms with E-state index in [0.29, 0.717) is 13.1 Å². The molecule has 0 atom stereocenters. The number of ether oxygens (including phenoxy) is 1. The van der Waals surface area contributed by atoms with Crippen LogP contribution in [-0.2, 0) is 33.5 Å². The van der Waals surface area contributed by atoms with Crippen molar-refractivity contribution in [2.75, 3.05) is 19.7 Å². The second-order valence-corrected chi connectivity index (χ2v) is 10.0. The largest absolute Gasteiger partial charge is 0.501 e. The first kappa shape index (κ1) is 22.4. The van der Waals surface area contributed by atoms with E-state index in [0.717, 1.165) is 18.6 Å². The van der Waals surface area contributed by atoms with E-state index in [1.54, 1.807) is 13.8 Å². The number of aromatic nitrogens is 2. The fourth-order valence-corrected chi connectivity index (χ4v) is 5.42. The molecular formula is C20H23FN4O6S. The smallest absolute Gasteiger partial charge is 0.296 e. The van der Waals surface area contributed by atoms with Crippen LogP contribution in [0.4, 0.5) is 4.39 Å². The molecule has 0 radical (unpaired) electrons. The highest BCUT2D eigenvalue weighted by molar-refractivity contribution is 7.89. The predicted molar refractivity (Wildman–Crippen MR) is 110 cm³/mol. The van der Waals surface area contributed by atoms with Crippen LogP contribution in [0.3, 0.4) is 0 Å². The van der Waals surface area contributed by atoms with Crippen molar-refractivity contribution in [1.29, 1.82) is 0 Å². The van der Waals surface area contributed by atoms with Crippen molar-refractivity contribution in [2.45, 2.75) is 43.9 Å². The number of hydrogen-bond acceptors (Lipinski definition) is 7. The third-order valence-corrected chi connectivity index (χ3v) is 7.56. The van der Waals surface area contributed by atoms with Gasteiger partial charge in [-0.25, -0.2) is 17.8 Å². The molecule has 0 bridgehead atoms. The van der Waals surface area contributed by atoms with Crippen LogP contribution in [0, 0.1) is 5.82 Å². The number of rotatable bonds is 5. The Labute approximate surface area is 183 Å². The van der Waals surface area contributed by atoms with Gasteiger partial charge in [0.2, 0.25) is 15.8 Å². The third-order valence-electron chi connectivity index (χ3n) is 5.58. The van der Waals surface area contributed by atoms with Gasteiger partial charge in [0.1, 0.15) is 17.2 Å². The van der Waals surface area contributed by atoms with Gasteiger partial charge in [0.05, 0.1) is 18.0 Å². The lowest BCUT2D eigenvalue weighted by atomic mass is 10.1. The minimum Gasteiger partial charge on any atom is -0.501 e. The van der Waals surface area contributed by atoms with Gasteiger partial charge in [-0.15, -0.1) is 0 Å². The Kier molecular flexibility index (Phi) is 5.55. The number of hydrogen-bond donors (Lipinski definition) is 2. The third kappa shape index (κ3) is 3.78. The van der Waals surface area contributed by atoms with Crippen LogP contribution >= 0.6 is 0 Å². The number of sulfonamides is 1. The van der Waals surface area contributed by atoms with Gasteiger partial charge in [-0.3, -0.25) is 14.2 Å². The number of aromatic hydroxyl groups is 1. The average Bonchev–Trinajstić information content (AvgIpc) is 2.67. The first-order valence-electron chi connectivity index (χ1n) is 10.1. The van der Waals surface area contributed by atoms with Gasteiger partial charge in [-0.05, 0) is 38.0 Å². The highest BCUT2D eigenvalue weighted by Gasteiger charge is 2.35. The van der Waals surface area contributed by atoms with E-state index in [4.69, 9.17) is 4.74 Å². The zero-order chi connectivity index (χ0) is 23.3. The summed E-state index contributed by atoms with van der Waals surface area (Å²) in [5.41, 5.74) is -2.03. The lowest BCUT2D eigenvalue weighted by molar-refractivity contribution is -0.0566. The number of fused-ring (bicyclic) bond motifs is 1. The number of amides is 1. The molecule has 2 aromatic rings. The summed E-state index contributed by atoms with van der Waals surface area (Å²) in [6.45, 7) is 4.24. The number of halogens is 1. The van der Waals surface area contributed by atoms with Crippen LogP contribution in [0.5, 0.6) is 5.75 Å². The van der Waals surface area contributed by atoms with Gasteiger partial charge < -0.3 is 15.2 Å². The molecule has 4 rings (SSSR count). The summed E-state index contributed by atoms with van der Waals surface area (Å²) in [5.74, 6) is -2.21. The summed E-state index contributed by atoms with van der Waals surface area (Å²) in [6, 6.07) is 3.28. The van der Waals surface area contributed by atoms with Crippen LogP contribution < -0.4 is 10.9 Å². The maximum atomic E-state index is 13.8. The van der Waals surface area contributed by atoms with E-state index in [9.17, 15) is 27.5 Å².